The predicted molar refractivity (Wildman–Crippen MR) is 57.4 cm³/mol. The summed E-state index contributed by atoms with van der Waals surface area (Å²) in [5.41, 5.74) is 0.651. The van der Waals surface area contributed by atoms with Crippen molar-refractivity contribution in [2.75, 3.05) is 5.73 Å². The summed E-state index contributed by atoms with van der Waals surface area (Å²) >= 11 is 0. The van der Waals surface area contributed by atoms with Gasteiger partial charge in [-0.2, -0.15) is 18.2 Å². The zero-order valence-corrected chi connectivity index (χ0v) is 9.53. The van der Waals surface area contributed by atoms with E-state index in [-0.39, 0.29) is 0 Å². The van der Waals surface area contributed by atoms with Crippen molar-refractivity contribution in [3.8, 4) is 0 Å². The van der Waals surface area contributed by atoms with Crippen LogP contribution in [-0.2, 0) is 6.18 Å². The van der Waals surface area contributed by atoms with Crippen LogP contribution in [0.4, 0.5) is 30.4 Å². The SMILES string of the molecule is Nc1c([N+](=O)[O-])nc2nc(C(F)(F)F)n(O)c2c1[N+](=O)[O-]. The van der Waals surface area contributed by atoms with Gasteiger partial charge < -0.3 is 21.1 Å². The van der Waals surface area contributed by atoms with Crippen LogP contribution in [0.1, 0.15) is 5.82 Å². The van der Waals surface area contributed by atoms with Crippen molar-refractivity contribution in [3.63, 3.8) is 0 Å². The predicted octanol–water partition coefficient (Wildman–Crippen LogP) is 1.09. The molecule has 0 aliphatic heterocycles. The maximum absolute atomic E-state index is 12.6. The molecule has 2 heterocycles. The zero-order valence-electron chi connectivity index (χ0n) is 9.53. The molecular formula is C7H3F3N6O5. The Balaban J connectivity index is 3.00. The van der Waals surface area contributed by atoms with Gasteiger partial charge >= 0.3 is 23.3 Å². The molecule has 0 atom stereocenters. The fraction of sp³-hybridized carbons (Fsp3) is 0.143. The van der Waals surface area contributed by atoms with Crippen LogP contribution in [-0.4, -0.2) is 29.8 Å². The summed E-state index contributed by atoms with van der Waals surface area (Å²) < 4.78 is 37.1. The van der Waals surface area contributed by atoms with Gasteiger partial charge in [0, 0.05) is 0 Å². The molecule has 3 N–H and O–H groups in total. The third-order valence-corrected chi connectivity index (χ3v) is 2.38. The molecule has 0 saturated carbocycles. The lowest BCUT2D eigenvalue weighted by molar-refractivity contribution is -0.394. The van der Waals surface area contributed by atoms with E-state index in [4.69, 9.17) is 5.73 Å². The van der Waals surface area contributed by atoms with Gasteiger partial charge in [0.25, 0.3) is 5.82 Å². The van der Waals surface area contributed by atoms with E-state index >= 15 is 0 Å². The van der Waals surface area contributed by atoms with Gasteiger partial charge in [0.1, 0.15) is 0 Å². The number of nitrogens with two attached hydrogens (primary N) is 1. The molecule has 0 aliphatic carbocycles. The molecule has 0 unspecified atom stereocenters. The number of anilines is 1. The molecule has 0 saturated heterocycles. The van der Waals surface area contributed by atoms with Crippen molar-refractivity contribution in [2.24, 2.45) is 0 Å². The minimum absolute atomic E-state index is 0.624. The minimum Gasteiger partial charge on any atom is -0.426 e. The Hall–Kier alpha value is -3.19. The van der Waals surface area contributed by atoms with E-state index < -0.39 is 54.9 Å². The number of aromatic nitrogens is 3. The van der Waals surface area contributed by atoms with Gasteiger partial charge in [-0.3, -0.25) is 10.1 Å². The molecule has 0 fully saturated rings. The van der Waals surface area contributed by atoms with Crippen LogP contribution in [0.3, 0.4) is 0 Å². The number of halogens is 3. The number of hydrogen-bond donors (Lipinski definition) is 2. The largest absolute Gasteiger partial charge is 0.453 e. The summed E-state index contributed by atoms with van der Waals surface area (Å²) in [6.45, 7) is 0. The van der Waals surface area contributed by atoms with Crippen LogP contribution in [0, 0.1) is 20.2 Å². The number of hydrogen-bond acceptors (Lipinski definition) is 8. The average Bonchev–Trinajstić information content (AvgIpc) is 2.65. The van der Waals surface area contributed by atoms with E-state index in [9.17, 15) is 38.6 Å². The molecule has 0 aromatic carbocycles. The van der Waals surface area contributed by atoms with Gasteiger partial charge in [-0.1, -0.05) is 0 Å². The summed E-state index contributed by atoms with van der Waals surface area (Å²) in [6.07, 6.45) is -5.16. The number of alkyl halides is 3. The van der Waals surface area contributed by atoms with Crippen molar-refractivity contribution in [1.82, 2.24) is 14.7 Å². The quantitative estimate of drug-likeness (QED) is 0.472. The lowest BCUT2D eigenvalue weighted by atomic mass is 10.3. The van der Waals surface area contributed by atoms with Gasteiger partial charge in [0.15, 0.2) is 0 Å². The normalized spacial score (nSPS) is 11.8. The highest BCUT2D eigenvalue weighted by Gasteiger charge is 2.43. The van der Waals surface area contributed by atoms with Gasteiger partial charge in [-0.25, -0.2) is 0 Å². The van der Waals surface area contributed by atoms with Crippen LogP contribution in [0.25, 0.3) is 11.2 Å². The Kier molecular flexibility index (Phi) is 2.81. The first-order valence-corrected chi connectivity index (χ1v) is 4.82. The second-order valence-electron chi connectivity index (χ2n) is 3.63. The molecular weight excluding hydrogens is 305 g/mol. The number of imidazole rings is 1. The molecule has 0 radical (unpaired) electrons. The number of nitro groups is 2. The Labute approximate surface area is 110 Å². The van der Waals surface area contributed by atoms with E-state index in [1.165, 1.54) is 0 Å². The maximum atomic E-state index is 12.6. The van der Waals surface area contributed by atoms with Crippen LogP contribution >= 0.6 is 0 Å². The van der Waals surface area contributed by atoms with Gasteiger partial charge in [0.2, 0.25) is 11.2 Å². The Bertz CT molecular complexity index is 783. The fourth-order valence-electron chi connectivity index (χ4n) is 1.59. The first-order valence-electron chi connectivity index (χ1n) is 4.82. The molecule has 21 heavy (non-hydrogen) atoms. The monoisotopic (exact) mass is 308 g/mol. The summed E-state index contributed by atoms with van der Waals surface area (Å²) in [4.78, 5) is 24.9. The summed E-state index contributed by atoms with van der Waals surface area (Å²) in [7, 11) is 0. The highest BCUT2D eigenvalue weighted by molar-refractivity contribution is 5.92. The van der Waals surface area contributed by atoms with E-state index in [0.717, 1.165) is 0 Å². The molecule has 0 aliphatic rings. The van der Waals surface area contributed by atoms with E-state index in [0.29, 0.717) is 0 Å². The number of nitrogen functional groups attached to an aromatic ring is 1. The molecule has 14 heteroatoms. The molecule has 2 aromatic heterocycles. The molecule has 0 spiro atoms. The number of nitrogens with zero attached hydrogens (tertiary/aromatic N) is 5. The highest BCUT2D eigenvalue weighted by atomic mass is 19.4. The molecule has 112 valence electrons. The summed E-state index contributed by atoms with van der Waals surface area (Å²) in [6, 6.07) is 0. The van der Waals surface area contributed by atoms with Crippen molar-refractivity contribution >= 4 is 28.4 Å². The number of pyridine rings is 1. The lowest BCUT2D eigenvalue weighted by Gasteiger charge is -2.04. The average molecular weight is 308 g/mol. The Morgan fingerprint density at radius 1 is 1.19 bits per heavy atom. The van der Waals surface area contributed by atoms with E-state index in [1.807, 2.05) is 0 Å². The molecule has 0 amide bonds. The third kappa shape index (κ3) is 2.01. The highest BCUT2D eigenvalue weighted by Crippen LogP contribution is 2.39. The van der Waals surface area contributed by atoms with Gasteiger partial charge in [-0.05, 0) is 9.91 Å². The molecule has 2 rings (SSSR count). The fourth-order valence-corrected chi connectivity index (χ4v) is 1.59. The lowest BCUT2D eigenvalue weighted by Crippen LogP contribution is -2.13. The first kappa shape index (κ1) is 14.2. The van der Waals surface area contributed by atoms with Crippen LogP contribution in [0.2, 0.25) is 0 Å². The summed E-state index contributed by atoms with van der Waals surface area (Å²) in [5, 5.41) is 30.9. The second kappa shape index (κ2) is 4.15. The zero-order chi connectivity index (χ0) is 16.1. The third-order valence-electron chi connectivity index (χ3n) is 2.38. The standard InChI is InChI=1S/C7H3F3N6O5/c8-7(9,10)6-13-4-3(14(6)17)2(15(18)19)1(11)5(12-4)16(20)21/h17H,11H2. The van der Waals surface area contributed by atoms with Crippen LogP contribution in [0.15, 0.2) is 0 Å². The minimum atomic E-state index is -5.16. The smallest absolute Gasteiger partial charge is 0.426 e. The van der Waals surface area contributed by atoms with Gasteiger partial charge in [-0.15, -0.1) is 4.73 Å². The van der Waals surface area contributed by atoms with Crippen molar-refractivity contribution < 1.29 is 28.2 Å². The molecule has 11 nitrogen and oxygen atoms in total. The van der Waals surface area contributed by atoms with Gasteiger partial charge in [0.05, 0.1) is 4.92 Å². The van der Waals surface area contributed by atoms with Crippen LogP contribution < -0.4 is 5.73 Å². The van der Waals surface area contributed by atoms with Crippen molar-refractivity contribution in [2.45, 2.75) is 6.18 Å². The number of fused-ring (bicyclic) bond motifs is 1. The van der Waals surface area contributed by atoms with Crippen molar-refractivity contribution in [3.05, 3.63) is 26.1 Å². The van der Waals surface area contributed by atoms with E-state index in [2.05, 4.69) is 9.97 Å². The first-order chi connectivity index (χ1) is 9.55. The Morgan fingerprint density at radius 3 is 2.19 bits per heavy atom. The molecule has 0 bridgehead atoms. The van der Waals surface area contributed by atoms with Crippen LogP contribution in [0.5, 0.6) is 0 Å². The second-order valence-corrected chi connectivity index (χ2v) is 3.63. The molecule has 2 aromatic rings. The maximum Gasteiger partial charge on any atom is 0.453 e. The number of rotatable bonds is 2. The van der Waals surface area contributed by atoms with E-state index in [1.54, 1.807) is 0 Å². The summed E-state index contributed by atoms with van der Waals surface area (Å²) in [5.74, 6) is -3.16. The van der Waals surface area contributed by atoms with Crippen molar-refractivity contribution in [1.29, 1.82) is 0 Å². The Morgan fingerprint density at radius 2 is 1.76 bits per heavy atom. The topological polar surface area (TPSA) is 163 Å².